The van der Waals surface area contributed by atoms with Gasteiger partial charge in [-0.15, -0.1) is 0 Å². The Kier molecular flexibility index (Phi) is 8.16. The summed E-state index contributed by atoms with van der Waals surface area (Å²) in [7, 11) is -3.67. The van der Waals surface area contributed by atoms with Crippen molar-refractivity contribution in [3.8, 4) is 0 Å². The van der Waals surface area contributed by atoms with Gasteiger partial charge in [-0.25, -0.2) is 0 Å². The van der Waals surface area contributed by atoms with E-state index in [0.717, 1.165) is 0 Å². The van der Waals surface area contributed by atoms with E-state index in [1.807, 2.05) is 0 Å². The minimum atomic E-state index is -3.67. The van der Waals surface area contributed by atoms with Crippen LogP contribution in [0.1, 0.15) is 0 Å². The van der Waals surface area contributed by atoms with E-state index >= 15 is 0 Å². The maximum absolute atomic E-state index is 9.67. The average Bonchev–Trinajstić information content (AvgIpc) is 0.811. The van der Waals surface area contributed by atoms with Crippen LogP contribution in [0.4, 0.5) is 12.9 Å². The molecule has 0 saturated heterocycles. The molecule has 0 amide bonds. The van der Waals surface area contributed by atoms with Crippen molar-refractivity contribution in [1.29, 1.82) is 0 Å². The van der Waals surface area contributed by atoms with E-state index in [2.05, 4.69) is 0 Å². The summed E-state index contributed by atoms with van der Waals surface area (Å²) in [6.07, 6.45) is 0. The fourth-order valence-corrected chi connectivity index (χ4v) is 0. The monoisotopic (exact) mass is 140 g/mol. The van der Waals surface area contributed by atoms with E-state index < -0.39 is 7.54 Å². The quantitative estimate of drug-likeness (QED) is 0.405. The molecule has 5 heavy (non-hydrogen) atoms. The molecule has 0 nitrogen and oxygen atoms in total. The summed E-state index contributed by atoms with van der Waals surface area (Å²) in [5.74, 6) is 0. The molecule has 0 aliphatic rings. The first-order valence-corrected chi connectivity index (χ1v) is 0.655. The zero-order chi connectivity index (χ0) is 3.58. The first kappa shape index (κ1) is 9.09. The molecule has 0 radical (unpaired) electrons. The second kappa shape index (κ2) is 4.49. The summed E-state index contributed by atoms with van der Waals surface area (Å²) in [5.41, 5.74) is 0. The normalized spacial score (nSPS) is 5.40. The molecular formula is H3BF3Ga. The third-order valence-corrected chi connectivity index (χ3v) is 0. The molecule has 0 saturated carbocycles. The SMILES string of the molecule is FB(F)F.[GaH3]. The first-order chi connectivity index (χ1) is 1.73. The minimum absolute atomic E-state index is 0. The van der Waals surface area contributed by atoms with Crippen LogP contribution in [-0.2, 0) is 0 Å². The summed E-state index contributed by atoms with van der Waals surface area (Å²) < 4.78 is 29.0. The van der Waals surface area contributed by atoms with Crippen molar-refractivity contribution in [3.63, 3.8) is 0 Å². The number of hydrogen-bond acceptors (Lipinski definition) is 0. The van der Waals surface area contributed by atoms with Crippen LogP contribution in [0.5, 0.6) is 0 Å². The molecule has 0 aliphatic heterocycles. The first-order valence-electron chi connectivity index (χ1n) is 0.655. The van der Waals surface area contributed by atoms with Crippen LogP contribution in [0.15, 0.2) is 0 Å². The Labute approximate surface area is 41.0 Å². The maximum atomic E-state index is 9.67. The zero-order valence-electron chi connectivity index (χ0n) is 1.71. The molecule has 0 unspecified atom stereocenters. The Hall–Kier alpha value is 0.491. The van der Waals surface area contributed by atoms with E-state index in [9.17, 15) is 12.9 Å². The Bertz CT molecular complexity index is 11.6. The van der Waals surface area contributed by atoms with Crippen LogP contribution >= 0.6 is 0 Å². The van der Waals surface area contributed by atoms with Crippen LogP contribution in [0, 0.1) is 0 Å². The molecule has 0 bridgehead atoms. The average molecular weight is 141 g/mol. The molecular weight excluding hydrogens is 138 g/mol. The van der Waals surface area contributed by atoms with Gasteiger partial charge in [0.25, 0.3) is 0 Å². The number of rotatable bonds is 0. The second-order valence-corrected chi connectivity index (χ2v) is 0.247. The van der Waals surface area contributed by atoms with Crippen molar-refractivity contribution in [2.75, 3.05) is 0 Å². The van der Waals surface area contributed by atoms with Gasteiger partial charge in [-0.2, -0.15) is 0 Å². The Morgan fingerprint density at radius 1 is 1.00 bits per heavy atom. The predicted molar refractivity (Wildman–Crippen MR) is 19.0 cm³/mol. The van der Waals surface area contributed by atoms with Crippen molar-refractivity contribution in [2.24, 2.45) is 0 Å². The van der Waals surface area contributed by atoms with Gasteiger partial charge in [0.2, 0.25) is 0 Å². The standard InChI is InChI=1S/BF3.Ga.3H/c2-1(3)4;;;;. The van der Waals surface area contributed by atoms with Gasteiger partial charge in [-0.3, -0.25) is 12.9 Å². The molecule has 0 aromatic heterocycles. The van der Waals surface area contributed by atoms with Crippen molar-refractivity contribution >= 4 is 27.3 Å². The number of hydrogen-bond donors (Lipinski definition) is 0. The van der Waals surface area contributed by atoms with E-state index in [1.165, 1.54) is 0 Å². The van der Waals surface area contributed by atoms with Gasteiger partial charge in [0.15, 0.2) is 0 Å². The molecule has 0 aromatic carbocycles. The van der Waals surface area contributed by atoms with Gasteiger partial charge in [0.05, 0.1) is 0 Å². The molecule has 0 fully saturated rings. The van der Waals surface area contributed by atoms with Crippen LogP contribution < -0.4 is 0 Å². The zero-order valence-corrected chi connectivity index (χ0v) is 1.71. The van der Waals surface area contributed by atoms with Crippen molar-refractivity contribution < 1.29 is 12.9 Å². The van der Waals surface area contributed by atoms with Crippen LogP contribution in [0.25, 0.3) is 0 Å². The number of halogens is 3. The Balaban J connectivity index is 0. The topological polar surface area (TPSA) is 0 Å². The fraction of sp³-hybridized carbons (Fsp3) is 0. The van der Waals surface area contributed by atoms with Crippen molar-refractivity contribution in [3.05, 3.63) is 0 Å². The molecule has 0 N–H and O–H groups in total. The summed E-state index contributed by atoms with van der Waals surface area (Å²) >= 11 is 0. The van der Waals surface area contributed by atoms with Crippen LogP contribution in [0.2, 0.25) is 0 Å². The Morgan fingerprint density at radius 2 is 1.00 bits per heavy atom. The van der Waals surface area contributed by atoms with E-state index in [4.69, 9.17) is 0 Å². The van der Waals surface area contributed by atoms with Crippen molar-refractivity contribution in [2.45, 2.75) is 0 Å². The molecule has 0 atom stereocenters. The van der Waals surface area contributed by atoms with Gasteiger partial charge >= 0.3 is 27.3 Å². The summed E-state index contributed by atoms with van der Waals surface area (Å²) in [6, 6.07) is 0. The van der Waals surface area contributed by atoms with Crippen molar-refractivity contribution in [1.82, 2.24) is 0 Å². The molecule has 0 aromatic rings. The van der Waals surface area contributed by atoms with Crippen LogP contribution in [0.3, 0.4) is 0 Å². The Morgan fingerprint density at radius 3 is 1.00 bits per heavy atom. The summed E-state index contributed by atoms with van der Waals surface area (Å²) in [4.78, 5) is 0. The summed E-state index contributed by atoms with van der Waals surface area (Å²) in [6.45, 7) is 0. The molecule has 0 heterocycles. The molecule has 0 aliphatic carbocycles. The van der Waals surface area contributed by atoms with E-state index in [1.54, 1.807) is 0 Å². The van der Waals surface area contributed by atoms with Gasteiger partial charge in [0.1, 0.15) is 0 Å². The predicted octanol–water partition coefficient (Wildman–Crippen LogP) is -0.304. The molecule has 0 spiro atoms. The van der Waals surface area contributed by atoms with E-state index in [-0.39, 0.29) is 19.8 Å². The van der Waals surface area contributed by atoms with Gasteiger partial charge < -0.3 is 0 Å². The van der Waals surface area contributed by atoms with Gasteiger partial charge in [-0.1, -0.05) is 0 Å². The van der Waals surface area contributed by atoms with E-state index in [0.29, 0.717) is 0 Å². The van der Waals surface area contributed by atoms with Gasteiger partial charge in [-0.05, 0) is 0 Å². The van der Waals surface area contributed by atoms with Crippen LogP contribution in [-0.4, -0.2) is 27.3 Å². The molecule has 5 heteroatoms. The van der Waals surface area contributed by atoms with Gasteiger partial charge in [0, 0.05) is 0 Å². The molecule has 30 valence electrons. The fourth-order valence-electron chi connectivity index (χ4n) is 0. The third-order valence-electron chi connectivity index (χ3n) is 0. The summed E-state index contributed by atoms with van der Waals surface area (Å²) in [5, 5.41) is 0. The third kappa shape index (κ3) is 115. The molecule has 0 rings (SSSR count). The second-order valence-electron chi connectivity index (χ2n) is 0.247.